The predicted molar refractivity (Wildman–Crippen MR) is 145 cm³/mol. The smallest absolute Gasteiger partial charge is 0.168 e. The number of hydrogen-bond acceptors (Lipinski definition) is 2. The number of benzene rings is 3. The van der Waals surface area contributed by atoms with Crippen LogP contribution in [0.4, 0.5) is 0 Å². The normalized spacial score (nSPS) is 17.9. The van der Waals surface area contributed by atoms with Crippen molar-refractivity contribution in [3.8, 4) is 28.2 Å². The molecule has 3 aromatic carbocycles. The van der Waals surface area contributed by atoms with Crippen LogP contribution in [-0.2, 0) is 6.42 Å². The third-order valence-corrected chi connectivity index (χ3v) is 7.52. The van der Waals surface area contributed by atoms with Crippen LogP contribution in [0.25, 0.3) is 28.2 Å². The van der Waals surface area contributed by atoms with E-state index in [9.17, 15) is 0 Å². The summed E-state index contributed by atoms with van der Waals surface area (Å²) < 4.78 is 2.20. The fourth-order valence-electron chi connectivity index (χ4n) is 4.55. The van der Waals surface area contributed by atoms with Crippen molar-refractivity contribution in [1.82, 2.24) is 14.8 Å². The molecule has 1 heterocycles. The number of hydrogen-bond donors (Lipinski definition) is 0. The second-order valence-corrected chi connectivity index (χ2v) is 10.7. The molecule has 0 fully saturated rings. The van der Waals surface area contributed by atoms with Crippen LogP contribution in [0.3, 0.4) is 0 Å². The van der Waals surface area contributed by atoms with Crippen molar-refractivity contribution < 1.29 is 0 Å². The first kappa shape index (κ1) is 23.0. The van der Waals surface area contributed by atoms with Gasteiger partial charge in [0.25, 0.3) is 0 Å². The van der Waals surface area contributed by atoms with Gasteiger partial charge in [0, 0.05) is 17.7 Å². The van der Waals surface area contributed by atoms with Crippen molar-refractivity contribution in [3.05, 3.63) is 115 Å². The van der Waals surface area contributed by atoms with Gasteiger partial charge in [-0.05, 0) is 46.1 Å². The molecule has 35 heavy (non-hydrogen) atoms. The molecule has 1 atom stereocenters. The minimum absolute atomic E-state index is 0.162. The third kappa shape index (κ3) is 4.64. The summed E-state index contributed by atoms with van der Waals surface area (Å²) in [7, 11) is 0. The second kappa shape index (κ2) is 9.14. The Labute approximate surface area is 208 Å². The molecule has 4 aromatic rings. The van der Waals surface area contributed by atoms with E-state index in [1.54, 1.807) is 0 Å². The molecule has 3 nitrogen and oxygen atoms in total. The average Bonchev–Trinajstić information content (AvgIpc) is 3.29. The summed E-state index contributed by atoms with van der Waals surface area (Å²) in [6.07, 6.45) is 8.84. The highest BCUT2D eigenvalue weighted by Gasteiger charge is 2.35. The molecule has 0 amide bonds. The van der Waals surface area contributed by atoms with Gasteiger partial charge in [-0.15, -0.1) is 10.2 Å². The molecule has 1 aliphatic carbocycles. The van der Waals surface area contributed by atoms with Gasteiger partial charge in [0.05, 0.1) is 0 Å². The van der Waals surface area contributed by atoms with Crippen LogP contribution in [0.5, 0.6) is 0 Å². The largest absolute Gasteiger partial charge is 0.279 e. The highest BCUT2D eigenvalue weighted by molar-refractivity contribution is 5.68. The Kier molecular flexibility index (Phi) is 6.02. The predicted octanol–water partition coefficient (Wildman–Crippen LogP) is 8.08. The maximum atomic E-state index is 4.67. The Morgan fingerprint density at radius 1 is 0.771 bits per heavy atom. The Bertz CT molecular complexity index is 1350. The Morgan fingerprint density at radius 2 is 1.37 bits per heavy atom. The number of aromatic nitrogens is 3. The highest BCUT2D eigenvalue weighted by Crippen LogP contribution is 2.45. The van der Waals surface area contributed by atoms with E-state index in [-0.39, 0.29) is 10.8 Å². The first-order chi connectivity index (χ1) is 16.8. The van der Waals surface area contributed by atoms with Gasteiger partial charge in [-0.3, -0.25) is 4.57 Å². The molecule has 0 aliphatic heterocycles. The summed E-state index contributed by atoms with van der Waals surface area (Å²) >= 11 is 0. The van der Waals surface area contributed by atoms with Gasteiger partial charge in [0.1, 0.15) is 5.82 Å². The van der Waals surface area contributed by atoms with Crippen LogP contribution >= 0.6 is 0 Å². The van der Waals surface area contributed by atoms with Gasteiger partial charge in [0.15, 0.2) is 5.82 Å². The van der Waals surface area contributed by atoms with Gasteiger partial charge < -0.3 is 0 Å². The lowest BCUT2D eigenvalue weighted by Crippen LogP contribution is -2.31. The zero-order chi connectivity index (χ0) is 24.5. The third-order valence-electron chi connectivity index (χ3n) is 7.52. The summed E-state index contributed by atoms with van der Waals surface area (Å²) in [5.74, 6) is 1.82. The zero-order valence-corrected chi connectivity index (χ0v) is 21.1. The SMILES string of the molecule is CC(C)(C)C1(C)C=CC(Cc2nnc(-c3ccc(-c4ccccc4)cc3)n2-c2ccccc2)=CC1. The van der Waals surface area contributed by atoms with Crippen LogP contribution in [0.1, 0.15) is 39.9 Å². The lowest BCUT2D eigenvalue weighted by Gasteiger charge is -2.41. The monoisotopic (exact) mass is 459 g/mol. The van der Waals surface area contributed by atoms with Crippen molar-refractivity contribution in [1.29, 1.82) is 0 Å². The zero-order valence-electron chi connectivity index (χ0n) is 21.1. The van der Waals surface area contributed by atoms with E-state index in [1.807, 2.05) is 12.1 Å². The van der Waals surface area contributed by atoms with Gasteiger partial charge in [-0.1, -0.05) is 119 Å². The minimum Gasteiger partial charge on any atom is -0.279 e. The van der Waals surface area contributed by atoms with Crippen molar-refractivity contribution in [2.45, 2.75) is 40.5 Å². The molecule has 1 aromatic heterocycles. The quantitative estimate of drug-likeness (QED) is 0.302. The van der Waals surface area contributed by atoms with Gasteiger partial charge in [-0.2, -0.15) is 0 Å². The summed E-state index contributed by atoms with van der Waals surface area (Å²) in [4.78, 5) is 0. The second-order valence-electron chi connectivity index (χ2n) is 10.7. The molecule has 3 heteroatoms. The van der Waals surface area contributed by atoms with E-state index in [4.69, 9.17) is 0 Å². The summed E-state index contributed by atoms with van der Waals surface area (Å²) in [5, 5.41) is 9.33. The maximum absolute atomic E-state index is 4.67. The van der Waals surface area contributed by atoms with E-state index in [1.165, 1.54) is 16.7 Å². The first-order valence-electron chi connectivity index (χ1n) is 12.4. The van der Waals surface area contributed by atoms with Crippen molar-refractivity contribution >= 4 is 0 Å². The Hall–Kier alpha value is -3.72. The first-order valence-corrected chi connectivity index (χ1v) is 12.4. The highest BCUT2D eigenvalue weighted by atomic mass is 15.3. The average molecular weight is 460 g/mol. The lowest BCUT2D eigenvalue weighted by molar-refractivity contribution is 0.169. The molecule has 0 spiro atoms. The Morgan fingerprint density at radius 3 is 1.97 bits per heavy atom. The van der Waals surface area contributed by atoms with Crippen LogP contribution in [0.2, 0.25) is 0 Å². The molecule has 176 valence electrons. The number of allylic oxidation sites excluding steroid dienone is 4. The van der Waals surface area contributed by atoms with Gasteiger partial charge >= 0.3 is 0 Å². The van der Waals surface area contributed by atoms with Crippen molar-refractivity contribution in [3.63, 3.8) is 0 Å². The molecule has 0 N–H and O–H groups in total. The fourth-order valence-corrected chi connectivity index (χ4v) is 4.55. The van der Waals surface area contributed by atoms with E-state index in [2.05, 4.69) is 133 Å². The molecule has 0 radical (unpaired) electrons. The van der Waals surface area contributed by atoms with Crippen molar-refractivity contribution in [2.24, 2.45) is 10.8 Å². The summed E-state index contributed by atoms with van der Waals surface area (Å²) in [5.41, 5.74) is 6.21. The molecule has 0 bridgehead atoms. The van der Waals surface area contributed by atoms with Crippen LogP contribution in [0.15, 0.2) is 109 Å². The van der Waals surface area contributed by atoms with Gasteiger partial charge in [0.2, 0.25) is 0 Å². The van der Waals surface area contributed by atoms with E-state index >= 15 is 0 Å². The molecular formula is C32H33N3. The van der Waals surface area contributed by atoms with Crippen LogP contribution in [0, 0.1) is 10.8 Å². The van der Waals surface area contributed by atoms with Crippen molar-refractivity contribution in [2.75, 3.05) is 0 Å². The standard InChI is InChI=1S/C32H33N3/c1-31(2,3)32(4)21-19-24(20-22-32)23-29-33-34-30(35(29)28-13-9-6-10-14-28)27-17-15-26(16-18-27)25-11-7-5-8-12-25/h5-21H,22-23H2,1-4H3. The van der Waals surface area contributed by atoms with E-state index < -0.39 is 0 Å². The molecular weight excluding hydrogens is 426 g/mol. The molecule has 1 aliphatic rings. The summed E-state index contributed by atoms with van der Waals surface area (Å²) in [6, 6.07) is 29.5. The molecule has 0 saturated heterocycles. The van der Waals surface area contributed by atoms with E-state index in [0.29, 0.717) is 0 Å². The Balaban J connectivity index is 1.48. The molecule has 1 unspecified atom stereocenters. The summed E-state index contributed by atoms with van der Waals surface area (Å²) in [6.45, 7) is 9.30. The number of nitrogens with zero attached hydrogens (tertiary/aromatic N) is 3. The number of rotatable bonds is 5. The molecule has 0 saturated carbocycles. The molecule has 5 rings (SSSR count). The number of para-hydroxylation sites is 1. The maximum Gasteiger partial charge on any atom is 0.168 e. The fraction of sp³-hybridized carbons (Fsp3) is 0.250. The van der Waals surface area contributed by atoms with E-state index in [0.717, 1.165) is 35.7 Å². The van der Waals surface area contributed by atoms with Crippen LogP contribution in [-0.4, -0.2) is 14.8 Å². The topological polar surface area (TPSA) is 30.7 Å². The minimum atomic E-state index is 0.162. The van der Waals surface area contributed by atoms with Gasteiger partial charge in [-0.25, -0.2) is 0 Å². The lowest BCUT2D eigenvalue weighted by atomic mass is 9.64. The van der Waals surface area contributed by atoms with Crippen LogP contribution < -0.4 is 0 Å².